The molecule has 0 N–H and O–H groups in total. The Morgan fingerprint density at radius 2 is 0.641 bits per heavy atom. The van der Waals surface area contributed by atoms with E-state index in [1.54, 1.807) is 0 Å². The normalized spacial score (nSPS) is 40.8. The zero-order valence-electron chi connectivity index (χ0n) is 41.3. The summed E-state index contributed by atoms with van der Waals surface area (Å²) in [7, 11) is 0. The maximum Gasteiger partial charge on any atom is 0.204 e. The molecule has 0 bridgehead atoms. The van der Waals surface area contributed by atoms with Crippen LogP contribution in [0.2, 0.25) is 0 Å². The largest absolute Gasteiger partial charge is 0.482 e. The average molecular weight is 871 g/mol. The van der Waals surface area contributed by atoms with Crippen molar-refractivity contribution in [2.24, 2.45) is 69.0 Å². The second-order valence-corrected chi connectivity index (χ2v) is 25.5. The third-order valence-corrected chi connectivity index (χ3v) is 20.5. The number of fused-ring (bicyclic) bond motifs is 4. The van der Waals surface area contributed by atoms with Gasteiger partial charge in [0.1, 0.15) is 33.9 Å². The van der Waals surface area contributed by atoms with Crippen molar-refractivity contribution >= 4 is 0 Å². The summed E-state index contributed by atoms with van der Waals surface area (Å²) in [5, 5.41) is 0. The van der Waals surface area contributed by atoms with Crippen LogP contribution in [0.4, 0.5) is 0 Å². The number of hydrogen-bond acceptors (Lipinski definition) is 6. The first-order valence-corrected chi connectivity index (χ1v) is 25.7. The van der Waals surface area contributed by atoms with E-state index in [2.05, 4.69) is 119 Å². The third-order valence-electron chi connectivity index (χ3n) is 20.5. The summed E-state index contributed by atoms with van der Waals surface area (Å²) in [6.07, 6.45) is 14.1. The van der Waals surface area contributed by atoms with Crippen molar-refractivity contribution in [3.8, 4) is 46.0 Å². The van der Waals surface area contributed by atoms with Gasteiger partial charge in [0.15, 0.2) is 23.0 Å². The summed E-state index contributed by atoms with van der Waals surface area (Å²) in [6, 6.07) is 20.6. The van der Waals surface area contributed by atoms with Crippen LogP contribution < -0.4 is 28.4 Å². The summed E-state index contributed by atoms with van der Waals surface area (Å²) < 4.78 is 43.7. The molecular formula is C58H78O6. The van der Waals surface area contributed by atoms with Gasteiger partial charge in [-0.25, -0.2) is 0 Å². The lowest BCUT2D eigenvalue weighted by molar-refractivity contribution is 0.0557. The number of para-hydroxylation sites is 2. The fraction of sp³-hybridized carbons (Fsp3) is 0.690. The molecule has 346 valence electrons. The molecule has 8 aliphatic rings. The molecular weight excluding hydrogens is 793 g/mol. The first-order chi connectivity index (χ1) is 30.2. The molecule has 0 aliphatic heterocycles. The van der Waals surface area contributed by atoms with Gasteiger partial charge in [-0.1, -0.05) is 127 Å². The fourth-order valence-electron chi connectivity index (χ4n) is 16.1. The Balaban J connectivity index is 0.932. The van der Waals surface area contributed by atoms with Gasteiger partial charge in [-0.05, 0) is 111 Å². The second-order valence-electron chi connectivity index (χ2n) is 25.5. The first kappa shape index (κ1) is 43.1. The van der Waals surface area contributed by atoms with Gasteiger partial charge in [-0.3, -0.25) is 0 Å². The summed E-state index contributed by atoms with van der Waals surface area (Å²) in [5.74, 6) is 10.4. The molecule has 0 aromatic heterocycles. The second kappa shape index (κ2) is 14.0. The van der Waals surface area contributed by atoms with Crippen molar-refractivity contribution in [3.05, 3.63) is 60.7 Å². The predicted molar refractivity (Wildman–Crippen MR) is 254 cm³/mol. The molecule has 0 radical (unpaired) electrons. The van der Waals surface area contributed by atoms with E-state index in [9.17, 15) is 0 Å². The molecule has 11 rings (SSSR count). The van der Waals surface area contributed by atoms with Crippen molar-refractivity contribution in [2.45, 2.75) is 183 Å². The predicted octanol–water partition coefficient (Wildman–Crippen LogP) is 15.6. The molecule has 8 aliphatic carbocycles. The minimum absolute atomic E-state index is 0.0723. The van der Waals surface area contributed by atoms with Crippen LogP contribution >= 0.6 is 0 Å². The van der Waals surface area contributed by atoms with Crippen molar-refractivity contribution in [2.75, 3.05) is 0 Å². The van der Waals surface area contributed by atoms with Crippen LogP contribution in [0.25, 0.3) is 0 Å². The van der Waals surface area contributed by atoms with Gasteiger partial charge in [-0.2, -0.15) is 0 Å². The topological polar surface area (TPSA) is 55.4 Å². The van der Waals surface area contributed by atoms with Crippen LogP contribution in [-0.2, 0) is 0 Å². The molecule has 3 aromatic carbocycles. The van der Waals surface area contributed by atoms with Gasteiger partial charge in [0.25, 0.3) is 0 Å². The highest BCUT2D eigenvalue weighted by atomic mass is 16.6. The average Bonchev–Trinajstić information content (AvgIpc) is 4.13. The fourth-order valence-corrected chi connectivity index (χ4v) is 16.1. The Hall–Kier alpha value is -3.54. The third kappa shape index (κ3) is 6.06. The minimum Gasteiger partial charge on any atom is -0.482 e. The molecule has 0 saturated heterocycles. The molecule has 8 saturated carbocycles. The standard InChI is InChI=1S/C58H78O6/c1-35-22-26-45-51(5,6)55(45,31-35)61-43-20-14-18-41(49(43)63-57-33-37(3)24-28-47(57)53(57,9)10)59-39-16-13-17-40(30-39)60-42-19-15-21-44(62-56-32-36(2)23-27-46(56)52(56,7)8)50(42)64-58-34-38(4)25-29-48(58)54(58,11)12/h13-21,30,35-38,45-48H,22-29,31-34H2,1-12H3. The van der Waals surface area contributed by atoms with Crippen LogP contribution in [0.5, 0.6) is 46.0 Å². The van der Waals surface area contributed by atoms with Gasteiger partial charge in [-0.15, -0.1) is 0 Å². The number of benzene rings is 3. The Morgan fingerprint density at radius 1 is 0.359 bits per heavy atom. The van der Waals surface area contributed by atoms with Crippen molar-refractivity contribution in [1.29, 1.82) is 0 Å². The zero-order valence-corrected chi connectivity index (χ0v) is 41.3. The van der Waals surface area contributed by atoms with Crippen LogP contribution in [0, 0.1) is 69.0 Å². The Kier molecular flexibility index (Phi) is 9.42. The highest BCUT2D eigenvalue weighted by Crippen LogP contribution is 2.75. The van der Waals surface area contributed by atoms with Crippen molar-refractivity contribution in [3.63, 3.8) is 0 Å². The highest BCUT2D eigenvalue weighted by molar-refractivity contribution is 5.57. The number of ether oxygens (including phenoxy) is 6. The Labute approximate surface area is 385 Å². The first-order valence-electron chi connectivity index (χ1n) is 25.7. The molecule has 6 nitrogen and oxygen atoms in total. The summed E-state index contributed by atoms with van der Waals surface area (Å²) in [6.45, 7) is 28.8. The van der Waals surface area contributed by atoms with E-state index in [0.29, 0.717) is 70.3 Å². The van der Waals surface area contributed by atoms with Gasteiger partial charge < -0.3 is 28.4 Å². The Morgan fingerprint density at radius 3 is 0.969 bits per heavy atom. The van der Waals surface area contributed by atoms with E-state index >= 15 is 0 Å². The van der Waals surface area contributed by atoms with E-state index < -0.39 is 0 Å². The summed E-state index contributed by atoms with van der Waals surface area (Å²) >= 11 is 0. The van der Waals surface area contributed by atoms with Gasteiger partial charge in [0.2, 0.25) is 11.5 Å². The van der Waals surface area contributed by atoms with Gasteiger partial charge >= 0.3 is 0 Å². The monoisotopic (exact) mass is 871 g/mol. The molecule has 6 heteroatoms. The lowest BCUT2D eigenvalue weighted by Crippen LogP contribution is -2.33. The van der Waals surface area contributed by atoms with Crippen LogP contribution in [-0.4, -0.2) is 22.4 Å². The number of hydrogen-bond donors (Lipinski definition) is 0. The minimum atomic E-state index is -0.248. The quantitative estimate of drug-likeness (QED) is 0.181. The van der Waals surface area contributed by atoms with Crippen molar-refractivity contribution < 1.29 is 28.4 Å². The SMILES string of the molecule is CC1CCC2C(C)(C)C2(Oc2cccc(Oc3cccc(Oc4cccc(OC56CC(C)CCC5C6(C)C)c4OC45CC(C)CCC4C5(C)C)c3)c2OC23CC(C)CCC2C3(C)C)C1. The summed E-state index contributed by atoms with van der Waals surface area (Å²) in [5.41, 5.74) is -0.524. The maximum absolute atomic E-state index is 7.49. The van der Waals surface area contributed by atoms with Gasteiger partial charge in [0, 0.05) is 51.4 Å². The van der Waals surface area contributed by atoms with E-state index in [-0.39, 0.29) is 44.1 Å². The smallest absolute Gasteiger partial charge is 0.204 e. The molecule has 0 spiro atoms. The lowest BCUT2D eigenvalue weighted by atomic mass is 9.88. The molecule has 12 atom stereocenters. The van der Waals surface area contributed by atoms with Crippen LogP contribution in [0.3, 0.4) is 0 Å². The zero-order chi connectivity index (χ0) is 45.0. The summed E-state index contributed by atoms with van der Waals surface area (Å²) in [4.78, 5) is 0. The molecule has 12 unspecified atom stereocenters. The van der Waals surface area contributed by atoms with E-state index in [1.807, 2.05) is 24.3 Å². The highest BCUT2D eigenvalue weighted by Gasteiger charge is 2.78. The molecule has 64 heavy (non-hydrogen) atoms. The van der Waals surface area contributed by atoms with Crippen LogP contribution in [0.15, 0.2) is 60.7 Å². The van der Waals surface area contributed by atoms with Gasteiger partial charge in [0.05, 0.1) is 0 Å². The molecule has 0 heterocycles. The number of rotatable bonds is 12. The van der Waals surface area contributed by atoms with Crippen LogP contribution in [0.1, 0.15) is 160 Å². The Bertz CT molecular complexity index is 2170. The molecule has 0 amide bonds. The lowest BCUT2D eigenvalue weighted by Gasteiger charge is -2.33. The van der Waals surface area contributed by atoms with E-state index in [1.165, 1.54) is 51.4 Å². The van der Waals surface area contributed by atoms with Crippen molar-refractivity contribution in [1.82, 2.24) is 0 Å². The molecule has 3 aromatic rings. The molecule has 8 fully saturated rings. The maximum atomic E-state index is 7.49. The van der Waals surface area contributed by atoms with E-state index in [4.69, 9.17) is 28.4 Å². The van der Waals surface area contributed by atoms with E-state index in [0.717, 1.165) is 48.7 Å².